The highest BCUT2D eigenvalue weighted by Gasteiger charge is 2.18. The summed E-state index contributed by atoms with van der Waals surface area (Å²) >= 11 is 12.9. The van der Waals surface area contributed by atoms with Crippen LogP contribution in [0.25, 0.3) is 0 Å². The molecule has 25 nitrogen and oxygen atoms in total. The van der Waals surface area contributed by atoms with Gasteiger partial charge in [0.15, 0.2) is 0 Å². The smallest absolute Gasteiger partial charge is 0.335 e. The Morgan fingerprint density at radius 1 is 0.609 bits per heavy atom. The molecule has 0 atom stereocenters. The van der Waals surface area contributed by atoms with Crippen LogP contribution >= 0.6 is 23.2 Å². The maximum Gasteiger partial charge on any atom is 0.335 e. The number of aromatic hydroxyl groups is 1. The Balaban J connectivity index is 1.49. The lowest BCUT2D eigenvalue weighted by Gasteiger charge is -2.15. The van der Waals surface area contributed by atoms with Crippen LogP contribution in [-0.4, -0.2) is 107 Å². The lowest BCUT2D eigenvalue weighted by atomic mass is 10.1. The van der Waals surface area contributed by atoms with Crippen LogP contribution in [0.15, 0.2) is 81.1 Å². The molecule has 1 heterocycles. The van der Waals surface area contributed by atoms with Crippen LogP contribution in [0.3, 0.4) is 0 Å². The number of phenolic OH excluding ortho intramolecular Hbond substituents is 1. The molecule has 0 aliphatic carbocycles. The minimum Gasteiger partial charge on any atom is -0.506 e. The number of anilines is 5. The number of aromatic carboxylic acids is 4. The highest BCUT2D eigenvalue weighted by molar-refractivity contribution is 7.85. The van der Waals surface area contributed by atoms with Crippen molar-refractivity contribution >= 4 is 115 Å². The minimum absolute atomic E-state index is 0.0249. The molecule has 0 saturated heterocycles. The molecular weight excluding hydrogens is 915 g/mol. The molecule has 64 heavy (non-hydrogen) atoms. The van der Waals surface area contributed by atoms with Crippen molar-refractivity contribution in [2.24, 2.45) is 20.5 Å². The monoisotopic (exact) mass is 942 g/mol. The first-order chi connectivity index (χ1) is 30.1. The molecule has 0 fully saturated rings. The Kier molecular flexibility index (Phi) is 14.8. The molecule has 0 aliphatic heterocycles. The van der Waals surface area contributed by atoms with Gasteiger partial charge in [0.05, 0.1) is 67.4 Å². The van der Waals surface area contributed by atoms with E-state index in [9.17, 15) is 67.6 Å². The maximum absolute atomic E-state index is 11.6. The molecule has 28 heteroatoms. The van der Waals surface area contributed by atoms with Gasteiger partial charge >= 0.3 is 29.8 Å². The Bertz CT molecular complexity index is 2820. The van der Waals surface area contributed by atoms with Gasteiger partial charge in [0.1, 0.15) is 29.4 Å². The van der Waals surface area contributed by atoms with Crippen molar-refractivity contribution < 1.29 is 72.3 Å². The molecule has 1 aromatic heterocycles. The summed E-state index contributed by atoms with van der Waals surface area (Å²) in [7, 11) is -4.38. The lowest BCUT2D eigenvalue weighted by Crippen LogP contribution is -2.16. The zero-order chi connectivity index (χ0) is 46.9. The number of hydrogen-bond donors (Lipinski definition) is 10. The number of carboxylic acid groups (broad SMARTS) is 5. The van der Waals surface area contributed by atoms with Crippen molar-refractivity contribution in [2.45, 2.75) is 6.42 Å². The largest absolute Gasteiger partial charge is 0.506 e. The molecule has 0 aliphatic rings. The number of carbonyl (C=O) groups is 5. The summed E-state index contributed by atoms with van der Waals surface area (Å²) in [6.45, 7) is -1.00. The third kappa shape index (κ3) is 13.2. The molecule has 4 aromatic carbocycles. The fraction of sp³-hybridized carbons (Fsp3) is 0.111. The zero-order valence-electron chi connectivity index (χ0n) is 31.8. The van der Waals surface area contributed by atoms with E-state index in [2.05, 4.69) is 51.4 Å². The molecule has 332 valence electrons. The van der Waals surface area contributed by atoms with Gasteiger partial charge in [0.25, 0.3) is 10.1 Å². The summed E-state index contributed by atoms with van der Waals surface area (Å²) in [4.78, 5) is 69.9. The number of hydrogen-bond acceptors (Lipinski definition) is 19. The topological polar surface area (TPSA) is 395 Å². The molecule has 0 bridgehead atoms. The number of aromatic nitrogens is 3. The van der Waals surface area contributed by atoms with Crippen LogP contribution in [0, 0.1) is 0 Å². The van der Waals surface area contributed by atoms with Crippen molar-refractivity contribution in [2.75, 3.05) is 34.9 Å². The number of phenols is 1. The van der Waals surface area contributed by atoms with E-state index in [0.717, 1.165) is 48.5 Å². The fourth-order valence-corrected chi connectivity index (χ4v) is 5.89. The molecule has 10 N–H and O–H groups in total. The molecule has 0 saturated carbocycles. The SMILES string of the molecule is O=C(O)CNc1nc(Nc2cc(Cl)c(N=Nc3cc(C(=O)O)cc(C(=O)O)c3)cc2O)nc(Nc2cc(Cl)c(N=Nc3cc(C(=O)O)cc(C(=O)O)c3)cc2OCCCS(=O)(=O)O)n1. The highest BCUT2D eigenvalue weighted by Crippen LogP contribution is 2.40. The van der Waals surface area contributed by atoms with Gasteiger partial charge in [0, 0.05) is 12.1 Å². The number of nitrogens with zero attached hydrogens (tertiary/aromatic N) is 7. The third-order valence-corrected chi connectivity index (χ3v) is 9.22. The minimum atomic E-state index is -4.38. The number of ether oxygens (including phenoxy) is 1. The van der Waals surface area contributed by atoms with Gasteiger partial charge in [-0.2, -0.15) is 33.6 Å². The first kappa shape index (κ1) is 47.0. The Morgan fingerprint density at radius 3 is 1.50 bits per heavy atom. The van der Waals surface area contributed by atoms with Gasteiger partial charge in [-0.25, -0.2) is 19.2 Å². The van der Waals surface area contributed by atoms with Crippen LogP contribution in [0.1, 0.15) is 47.9 Å². The quantitative estimate of drug-likeness (QED) is 0.0160. The zero-order valence-corrected chi connectivity index (χ0v) is 34.1. The van der Waals surface area contributed by atoms with E-state index in [1.165, 1.54) is 12.1 Å². The molecule has 5 rings (SSSR count). The first-order valence-electron chi connectivity index (χ1n) is 17.4. The van der Waals surface area contributed by atoms with Crippen molar-refractivity contribution in [1.82, 2.24) is 15.0 Å². The third-order valence-electron chi connectivity index (χ3n) is 7.81. The van der Waals surface area contributed by atoms with Crippen LogP contribution in [-0.2, 0) is 14.9 Å². The second kappa shape index (κ2) is 20.2. The van der Waals surface area contributed by atoms with Gasteiger partial charge in [0.2, 0.25) is 17.8 Å². The summed E-state index contributed by atoms with van der Waals surface area (Å²) in [5, 5.41) is 81.0. The van der Waals surface area contributed by atoms with Crippen molar-refractivity contribution in [3.63, 3.8) is 0 Å². The Hall–Kier alpha value is -8.07. The van der Waals surface area contributed by atoms with Gasteiger partial charge in [-0.15, -0.1) is 10.2 Å². The number of carboxylic acids is 5. The predicted molar refractivity (Wildman–Crippen MR) is 223 cm³/mol. The number of aliphatic carboxylic acids is 1. The van der Waals surface area contributed by atoms with Crippen LogP contribution in [0.4, 0.5) is 52.0 Å². The fourth-order valence-electron chi connectivity index (χ4n) is 5.00. The lowest BCUT2D eigenvalue weighted by molar-refractivity contribution is -0.135. The summed E-state index contributed by atoms with van der Waals surface area (Å²) in [5.41, 5.74) is -2.33. The average Bonchev–Trinajstić information content (AvgIpc) is 3.21. The van der Waals surface area contributed by atoms with E-state index in [-0.39, 0.29) is 91.9 Å². The van der Waals surface area contributed by atoms with Crippen molar-refractivity contribution in [1.29, 1.82) is 0 Å². The Morgan fingerprint density at radius 2 is 1.05 bits per heavy atom. The normalized spacial score (nSPS) is 11.4. The predicted octanol–water partition coefficient (Wildman–Crippen LogP) is 7.15. The molecule has 0 spiro atoms. The van der Waals surface area contributed by atoms with Crippen molar-refractivity contribution in [3.05, 3.63) is 93.0 Å². The van der Waals surface area contributed by atoms with Gasteiger partial charge in [-0.1, -0.05) is 23.2 Å². The van der Waals surface area contributed by atoms with Gasteiger partial charge in [-0.05, 0) is 55.0 Å². The standard InChI is InChI=1S/C36H28Cl2N10O15S/c37-21-10-25(27(49)12-23(21)47-45-19-6-15(30(52)53)4-16(7-19)31(54)55)40-35-42-34(39-14-29(50)51)43-36(44-35)41-26-11-22(38)24(13-28(26)63-2-1-3-64(60,61)62)48-46-20-8-17(32(56)57)5-18(9-20)33(58)59/h4-13,49H,1-3,14H2,(H,50,51)(H,52,53)(H,54,55)(H,56,57)(H,58,59)(H,60,61,62)(H3,39,40,41,42,43,44). The van der Waals surface area contributed by atoms with Crippen molar-refractivity contribution in [3.8, 4) is 11.5 Å². The molecule has 5 aromatic rings. The van der Waals surface area contributed by atoms with Crippen LogP contribution in [0.2, 0.25) is 10.0 Å². The van der Waals surface area contributed by atoms with E-state index >= 15 is 0 Å². The van der Waals surface area contributed by atoms with E-state index < -0.39 is 69.1 Å². The van der Waals surface area contributed by atoms with E-state index in [1.54, 1.807) is 0 Å². The number of benzene rings is 4. The van der Waals surface area contributed by atoms with E-state index in [4.69, 9.17) is 27.9 Å². The molecular formula is C36H28Cl2N10O15S. The first-order valence-corrected chi connectivity index (χ1v) is 19.8. The van der Waals surface area contributed by atoms with E-state index in [0.29, 0.717) is 0 Å². The second-order valence-electron chi connectivity index (χ2n) is 12.6. The van der Waals surface area contributed by atoms with Crippen LogP contribution in [0.5, 0.6) is 11.5 Å². The second-order valence-corrected chi connectivity index (χ2v) is 15.0. The summed E-state index contributed by atoms with van der Waals surface area (Å²) < 4.78 is 37.6. The highest BCUT2D eigenvalue weighted by atomic mass is 35.5. The number of rotatable bonds is 20. The molecule has 0 radical (unpaired) electrons. The summed E-state index contributed by atoms with van der Waals surface area (Å²) in [6, 6.07) is 10.7. The van der Waals surface area contributed by atoms with Gasteiger partial charge in [-0.3, -0.25) is 9.35 Å². The summed E-state index contributed by atoms with van der Waals surface area (Å²) in [5.74, 6) is -9.35. The number of halogens is 2. The summed E-state index contributed by atoms with van der Waals surface area (Å²) in [6.07, 6.45) is -0.212. The number of azo groups is 2. The van der Waals surface area contributed by atoms with Crippen LogP contribution < -0.4 is 20.7 Å². The number of nitrogens with one attached hydrogen (secondary N) is 3. The Labute approximate surface area is 367 Å². The van der Waals surface area contributed by atoms with E-state index in [1.807, 2.05) is 0 Å². The molecule has 0 amide bonds. The average molecular weight is 944 g/mol. The maximum atomic E-state index is 11.6. The van der Waals surface area contributed by atoms with Gasteiger partial charge < -0.3 is 51.3 Å². The molecule has 0 unspecified atom stereocenters.